The molecule has 0 spiro atoms. The van der Waals surface area contributed by atoms with Gasteiger partial charge in [-0.15, -0.1) is 0 Å². The number of likely N-dealkylation sites (N-methyl/N-ethyl adjacent to an activating group) is 2. The molecule has 0 aliphatic heterocycles. The molecule has 4 nitrogen and oxygen atoms in total. The predicted octanol–water partition coefficient (Wildman–Crippen LogP) is 1.18. The van der Waals surface area contributed by atoms with Gasteiger partial charge in [0, 0.05) is 25.2 Å². The van der Waals surface area contributed by atoms with Crippen LogP contribution in [-0.4, -0.2) is 39.9 Å². The molecule has 1 aromatic rings. The summed E-state index contributed by atoms with van der Waals surface area (Å²) in [7, 11) is -0.0980. The van der Waals surface area contributed by atoms with Crippen molar-refractivity contribution in [3.63, 3.8) is 0 Å². The highest BCUT2D eigenvalue weighted by atomic mass is 35.5. The highest BCUT2D eigenvalue weighted by Crippen LogP contribution is 2.18. The lowest BCUT2D eigenvalue weighted by molar-refractivity contribution is 0.466. The largest absolute Gasteiger partial charge is 0.318 e. The Balaban J connectivity index is 2.93. The SMILES string of the molecule is CNCCN(C)S(=O)(=O)c1cccc(Cl)c1. The Bertz CT molecular complexity index is 448. The van der Waals surface area contributed by atoms with Gasteiger partial charge in [0.05, 0.1) is 4.90 Å². The highest BCUT2D eigenvalue weighted by molar-refractivity contribution is 7.89. The topological polar surface area (TPSA) is 49.4 Å². The van der Waals surface area contributed by atoms with Crippen molar-refractivity contribution in [2.75, 3.05) is 27.2 Å². The lowest BCUT2D eigenvalue weighted by atomic mass is 10.4. The van der Waals surface area contributed by atoms with Gasteiger partial charge in [0.2, 0.25) is 10.0 Å². The number of hydrogen-bond acceptors (Lipinski definition) is 3. The van der Waals surface area contributed by atoms with Crippen LogP contribution in [0.25, 0.3) is 0 Å². The molecule has 0 saturated heterocycles. The summed E-state index contributed by atoms with van der Waals surface area (Å²) in [6.45, 7) is 1.03. The second-order valence-electron chi connectivity index (χ2n) is 3.39. The lowest BCUT2D eigenvalue weighted by Crippen LogP contribution is -2.32. The van der Waals surface area contributed by atoms with Crippen LogP contribution >= 0.6 is 11.6 Å². The van der Waals surface area contributed by atoms with Gasteiger partial charge in [-0.1, -0.05) is 17.7 Å². The number of hydrogen-bond donors (Lipinski definition) is 1. The molecule has 6 heteroatoms. The Kier molecular flexibility index (Phi) is 4.73. The van der Waals surface area contributed by atoms with Gasteiger partial charge >= 0.3 is 0 Å². The zero-order valence-corrected chi connectivity index (χ0v) is 10.8. The molecule has 1 aromatic carbocycles. The van der Waals surface area contributed by atoms with Crippen molar-refractivity contribution in [3.05, 3.63) is 29.3 Å². The first-order chi connectivity index (χ1) is 7.48. The molecule has 16 heavy (non-hydrogen) atoms. The number of benzene rings is 1. The first-order valence-electron chi connectivity index (χ1n) is 4.85. The molecule has 0 aliphatic rings. The molecule has 0 aromatic heterocycles. The fraction of sp³-hybridized carbons (Fsp3) is 0.400. The molecule has 0 bridgehead atoms. The summed E-state index contributed by atoms with van der Waals surface area (Å²) in [4.78, 5) is 0.221. The van der Waals surface area contributed by atoms with E-state index in [1.165, 1.54) is 16.4 Å². The average Bonchev–Trinajstić information content (AvgIpc) is 2.25. The Morgan fingerprint density at radius 3 is 2.69 bits per heavy atom. The van der Waals surface area contributed by atoms with Crippen LogP contribution in [0.4, 0.5) is 0 Å². The van der Waals surface area contributed by atoms with Gasteiger partial charge in [-0.3, -0.25) is 0 Å². The fourth-order valence-corrected chi connectivity index (χ4v) is 2.67. The molecule has 0 heterocycles. The molecular weight excluding hydrogens is 248 g/mol. The van der Waals surface area contributed by atoms with E-state index >= 15 is 0 Å². The Labute approximate surface area is 101 Å². The van der Waals surface area contributed by atoms with E-state index in [0.717, 1.165) is 0 Å². The van der Waals surface area contributed by atoms with Crippen LogP contribution in [0, 0.1) is 0 Å². The van der Waals surface area contributed by atoms with Crippen LogP contribution in [-0.2, 0) is 10.0 Å². The van der Waals surface area contributed by atoms with E-state index in [0.29, 0.717) is 18.1 Å². The quantitative estimate of drug-likeness (QED) is 0.867. The van der Waals surface area contributed by atoms with E-state index in [9.17, 15) is 8.42 Å². The summed E-state index contributed by atoms with van der Waals surface area (Å²) >= 11 is 5.76. The van der Waals surface area contributed by atoms with Gasteiger partial charge in [-0.05, 0) is 25.2 Å². The van der Waals surface area contributed by atoms with Crippen molar-refractivity contribution < 1.29 is 8.42 Å². The van der Waals surface area contributed by atoms with Gasteiger partial charge in [0.1, 0.15) is 0 Å². The highest BCUT2D eigenvalue weighted by Gasteiger charge is 2.19. The summed E-state index contributed by atoms with van der Waals surface area (Å²) in [5.41, 5.74) is 0. The minimum absolute atomic E-state index is 0.221. The summed E-state index contributed by atoms with van der Waals surface area (Å²) < 4.78 is 25.4. The number of nitrogens with one attached hydrogen (secondary N) is 1. The van der Waals surface area contributed by atoms with Crippen LogP contribution in [0.2, 0.25) is 5.02 Å². The van der Waals surface area contributed by atoms with E-state index in [1.54, 1.807) is 26.2 Å². The molecule has 0 fully saturated rings. The zero-order valence-electron chi connectivity index (χ0n) is 9.27. The maximum absolute atomic E-state index is 12.0. The molecule has 0 saturated carbocycles. The summed E-state index contributed by atoms with van der Waals surface area (Å²) in [6, 6.07) is 6.26. The van der Waals surface area contributed by atoms with Gasteiger partial charge in [0.15, 0.2) is 0 Å². The van der Waals surface area contributed by atoms with E-state index < -0.39 is 10.0 Å². The molecule has 1 N–H and O–H groups in total. The van der Waals surface area contributed by atoms with E-state index in [1.807, 2.05) is 0 Å². The Morgan fingerprint density at radius 1 is 1.44 bits per heavy atom. The van der Waals surface area contributed by atoms with Crippen LogP contribution in [0.1, 0.15) is 0 Å². The van der Waals surface area contributed by atoms with Crippen molar-refractivity contribution in [1.29, 1.82) is 0 Å². The van der Waals surface area contributed by atoms with Gasteiger partial charge in [-0.2, -0.15) is 4.31 Å². The summed E-state index contributed by atoms with van der Waals surface area (Å²) in [5, 5.41) is 3.32. The number of nitrogens with zero attached hydrogens (tertiary/aromatic N) is 1. The smallest absolute Gasteiger partial charge is 0.242 e. The third kappa shape index (κ3) is 3.18. The van der Waals surface area contributed by atoms with Gasteiger partial charge in [-0.25, -0.2) is 8.42 Å². The maximum Gasteiger partial charge on any atom is 0.242 e. The molecule has 0 atom stereocenters. The second kappa shape index (κ2) is 5.63. The number of rotatable bonds is 5. The monoisotopic (exact) mass is 262 g/mol. The molecule has 0 amide bonds. The molecule has 0 radical (unpaired) electrons. The second-order valence-corrected chi connectivity index (χ2v) is 5.87. The van der Waals surface area contributed by atoms with E-state index in [4.69, 9.17) is 11.6 Å². The molecule has 1 rings (SSSR count). The minimum Gasteiger partial charge on any atom is -0.318 e. The number of sulfonamides is 1. The van der Waals surface area contributed by atoms with Crippen LogP contribution in [0.5, 0.6) is 0 Å². The van der Waals surface area contributed by atoms with E-state index in [2.05, 4.69) is 5.32 Å². The molecule has 0 aliphatic carbocycles. The molecule has 90 valence electrons. The van der Waals surface area contributed by atoms with Crippen LogP contribution < -0.4 is 5.32 Å². The van der Waals surface area contributed by atoms with Gasteiger partial charge < -0.3 is 5.32 Å². The van der Waals surface area contributed by atoms with Crippen LogP contribution in [0.15, 0.2) is 29.2 Å². The average molecular weight is 263 g/mol. The van der Waals surface area contributed by atoms with Crippen molar-refractivity contribution in [1.82, 2.24) is 9.62 Å². The maximum atomic E-state index is 12.0. The fourth-order valence-electron chi connectivity index (χ4n) is 1.20. The third-order valence-electron chi connectivity index (χ3n) is 2.18. The van der Waals surface area contributed by atoms with E-state index in [-0.39, 0.29) is 4.90 Å². The third-order valence-corrected chi connectivity index (χ3v) is 4.27. The standard InChI is InChI=1S/C10H15ClN2O2S/c1-12-6-7-13(2)16(14,15)10-5-3-4-9(11)8-10/h3-5,8,12H,6-7H2,1-2H3. The Hall–Kier alpha value is -0.620. The van der Waals surface area contributed by atoms with Crippen molar-refractivity contribution in [2.24, 2.45) is 0 Å². The molecular formula is C10H15ClN2O2S. The minimum atomic E-state index is -3.42. The molecule has 0 unspecified atom stereocenters. The van der Waals surface area contributed by atoms with Crippen molar-refractivity contribution in [2.45, 2.75) is 4.90 Å². The predicted molar refractivity (Wildman–Crippen MR) is 65.2 cm³/mol. The Morgan fingerprint density at radius 2 is 2.12 bits per heavy atom. The van der Waals surface area contributed by atoms with Crippen molar-refractivity contribution >= 4 is 21.6 Å². The first-order valence-corrected chi connectivity index (χ1v) is 6.67. The van der Waals surface area contributed by atoms with Gasteiger partial charge in [0.25, 0.3) is 0 Å². The zero-order chi connectivity index (χ0) is 12.2. The normalized spacial score (nSPS) is 12.0. The lowest BCUT2D eigenvalue weighted by Gasteiger charge is -2.16. The first kappa shape index (κ1) is 13.4. The summed E-state index contributed by atoms with van der Waals surface area (Å²) in [5.74, 6) is 0. The summed E-state index contributed by atoms with van der Waals surface area (Å²) in [6.07, 6.45) is 0. The van der Waals surface area contributed by atoms with Crippen molar-refractivity contribution in [3.8, 4) is 0 Å². The van der Waals surface area contributed by atoms with Crippen LogP contribution in [0.3, 0.4) is 0 Å². The number of halogens is 1.